The smallest absolute Gasteiger partial charge is 0.0719 e. The van der Waals surface area contributed by atoms with Gasteiger partial charge >= 0.3 is 0 Å². The Bertz CT molecular complexity index is 285. The number of hydrogen-bond donors (Lipinski definition) is 2. The summed E-state index contributed by atoms with van der Waals surface area (Å²) in [5.74, 6) is 0. The molecule has 1 rings (SSSR count). The van der Waals surface area contributed by atoms with Crippen LogP contribution < -0.4 is 5.73 Å². The van der Waals surface area contributed by atoms with Crippen LogP contribution in [0.2, 0.25) is 0 Å². The van der Waals surface area contributed by atoms with E-state index >= 15 is 0 Å². The topological polar surface area (TPSA) is 67.3 Å². The van der Waals surface area contributed by atoms with Gasteiger partial charge in [0.15, 0.2) is 0 Å². The maximum Gasteiger partial charge on any atom is 0.0719 e. The highest BCUT2D eigenvalue weighted by Crippen LogP contribution is 1.98. The molecule has 0 spiro atoms. The van der Waals surface area contributed by atoms with Crippen molar-refractivity contribution in [3.8, 4) is 0 Å². The van der Waals surface area contributed by atoms with Crippen LogP contribution >= 0.6 is 0 Å². The van der Waals surface area contributed by atoms with Gasteiger partial charge in [-0.3, -0.25) is 4.68 Å². The zero-order chi connectivity index (χ0) is 11.3. The van der Waals surface area contributed by atoms with Gasteiger partial charge in [0.2, 0.25) is 0 Å². The Morgan fingerprint density at radius 2 is 2.33 bits per heavy atom. The first-order valence-corrected chi connectivity index (χ1v) is 5.22. The van der Waals surface area contributed by atoms with Crippen molar-refractivity contribution in [1.82, 2.24) is 14.7 Å². The number of nitrogen functional groups attached to an aromatic ring is 1. The van der Waals surface area contributed by atoms with Crippen molar-refractivity contribution in [1.29, 1.82) is 0 Å². The molecule has 1 aromatic heterocycles. The lowest BCUT2D eigenvalue weighted by atomic mass is 10.3. The van der Waals surface area contributed by atoms with Gasteiger partial charge in [-0.05, 0) is 20.4 Å². The molecule has 15 heavy (non-hydrogen) atoms. The fourth-order valence-corrected chi connectivity index (χ4v) is 1.29. The summed E-state index contributed by atoms with van der Waals surface area (Å²) in [6.45, 7) is 4.44. The number of nitrogens with two attached hydrogens (primary N) is 1. The fourth-order valence-electron chi connectivity index (χ4n) is 1.29. The molecular formula is C10H20N4O. The summed E-state index contributed by atoms with van der Waals surface area (Å²) >= 11 is 0. The molecule has 3 N–H and O–H groups in total. The monoisotopic (exact) mass is 212 g/mol. The van der Waals surface area contributed by atoms with Gasteiger partial charge in [-0.2, -0.15) is 5.10 Å². The molecule has 0 aliphatic carbocycles. The molecule has 0 aliphatic heterocycles. The maximum atomic E-state index is 9.13. The first kappa shape index (κ1) is 12.0. The SMILES string of the molecule is CC(O)CCN(C)CCn1cc(N)cn1. The predicted molar refractivity (Wildman–Crippen MR) is 60.4 cm³/mol. The third-order valence-electron chi connectivity index (χ3n) is 2.29. The summed E-state index contributed by atoms with van der Waals surface area (Å²) in [7, 11) is 2.04. The van der Waals surface area contributed by atoms with E-state index in [2.05, 4.69) is 10.00 Å². The van der Waals surface area contributed by atoms with E-state index in [-0.39, 0.29) is 6.10 Å². The molecule has 5 heteroatoms. The van der Waals surface area contributed by atoms with Crippen LogP contribution in [-0.2, 0) is 6.54 Å². The first-order valence-electron chi connectivity index (χ1n) is 5.22. The molecule has 1 atom stereocenters. The molecule has 0 radical (unpaired) electrons. The summed E-state index contributed by atoms with van der Waals surface area (Å²) in [6.07, 6.45) is 4.04. The van der Waals surface area contributed by atoms with Crippen molar-refractivity contribution in [2.45, 2.75) is 26.0 Å². The summed E-state index contributed by atoms with van der Waals surface area (Å²) in [4.78, 5) is 2.17. The van der Waals surface area contributed by atoms with Crippen LogP contribution in [0.1, 0.15) is 13.3 Å². The van der Waals surface area contributed by atoms with Crippen LogP contribution in [-0.4, -0.2) is 46.0 Å². The summed E-state index contributed by atoms with van der Waals surface area (Å²) in [6, 6.07) is 0. The third kappa shape index (κ3) is 4.80. The van der Waals surface area contributed by atoms with Crippen molar-refractivity contribution >= 4 is 5.69 Å². The van der Waals surface area contributed by atoms with E-state index < -0.39 is 0 Å². The number of hydrogen-bond acceptors (Lipinski definition) is 4. The standard InChI is InChI=1S/C10H20N4O/c1-9(15)3-4-13(2)5-6-14-8-10(11)7-12-14/h7-9,15H,3-6,11H2,1-2H3. The van der Waals surface area contributed by atoms with Crippen molar-refractivity contribution in [2.24, 2.45) is 0 Å². The van der Waals surface area contributed by atoms with Crippen molar-refractivity contribution in [3.63, 3.8) is 0 Å². The molecule has 0 aliphatic rings. The Morgan fingerprint density at radius 1 is 1.60 bits per heavy atom. The predicted octanol–water partition coefficient (Wildman–Crippen LogP) is 0.168. The van der Waals surface area contributed by atoms with Gasteiger partial charge in [0, 0.05) is 19.3 Å². The number of rotatable bonds is 6. The molecule has 0 saturated carbocycles. The second-order valence-electron chi connectivity index (χ2n) is 3.98. The van der Waals surface area contributed by atoms with Gasteiger partial charge in [0.1, 0.15) is 0 Å². The molecule has 1 unspecified atom stereocenters. The van der Waals surface area contributed by atoms with E-state index in [0.717, 1.165) is 26.1 Å². The maximum absolute atomic E-state index is 9.13. The zero-order valence-corrected chi connectivity index (χ0v) is 9.43. The lowest BCUT2D eigenvalue weighted by Crippen LogP contribution is -2.26. The minimum absolute atomic E-state index is 0.229. The van der Waals surface area contributed by atoms with Crippen LogP contribution in [0.5, 0.6) is 0 Å². The van der Waals surface area contributed by atoms with Gasteiger partial charge in [-0.1, -0.05) is 0 Å². The lowest BCUT2D eigenvalue weighted by Gasteiger charge is -2.17. The molecule has 1 heterocycles. The normalized spacial score (nSPS) is 13.3. The number of aliphatic hydroxyl groups is 1. The fraction of sp³-hybridized carbons (Fsp3) is 0.700. The Hall–Kier alpha value is -1.07. The highest BCUT2D eigenvalue weighted by molar-refractivity contribution is 5.30. The van der Waals surface area contributed by atoms with E-state index in [1.54, 1.807) is 6.20 Å². The minimum atomic E-state index is -0.229. The van der Waals surface area contributed by atoms with Crippen LogP contribution in [0.25, 0.3) is 0 Å². The van der Waals surface area contributed by atoms with Gasteiger partial charge in [0.05, 0.1) is 24.5 Å². The zero-order valence-electron chi connectivity index (χ0n) is 9.43. The van der Waals surface area contributed by atoms with Crippen LogP contribution in [0.4, 0.5) is 5.69 Å². The molecule has 86 valence electrons. The average Bonchev–Trinajstić information content (AvgIpc) is 2.58. The molecular weight excluding hydrogens is 192 g/mol. The van der Waals surface area contributed by atoms with Crippen LogP contribution in [0.15, 0.2) is 12.4 Å². The number of aliphatic hydroxyl groups excluding tert-OH is 1. The van der Waals surface area contributed by atoms with Gasteiger partial charge in [-0.15, -0.1) is 0 Å². The molecule has 5 nitrogen and oxygen atoms in total. The Kier molecular flexibility index (Phi) is 4.58. The second-order valence-corrected chi connectivity index (χ2v) is 3.98. The minimum Gasteiger partial charge on any atom is -0.396 e. The van der Waals surface area contributed by atoms with E-state index in [0.29, 0.717) is 5.69 Å². The molecule has 0 amide bonds. The molecule has 0 bridgehead atoms. The van der Waals surface area contributed by atoms with Crippen molar-refractivity contribution in [2.75, 3.05) is 25.9 Å². The highest BCUT2D eigenvalue weighted by atomic mass is 16.3. The van der Waals surface area contributed by atoms with Crippen LogP contribution in [0, 0.1) is 0 Å². The quantitative estimate of drug-likeness (QED) is 0.705. The molecule has 0 fully saturated rings. The summed E-state index contributed by atoms with van der Waals surface area (Å²) < 4.78 is 1.83. The average molecular weight is 212 g/mol. The lowest BCUT2D eigenvalue weighted by molar-refractivity contribution is 0.163. The van der Waals surface area contributed by atoms with Gasteiger partial charge < -0.3 is 15.7 Å². The van der Waals surface area contributed by atoms with E-state index in [1.165, 1.54) is 0 Å². The number of anilines is 1. The summed E-state index contributed by atoms with van der Waals surface area (Å²) in [5, 5.41) is 13.2. The van der Waals surface area contributed by atoms with Gasteiger partial charge in [-0.25, -0.2) is 0 Å². The molecule has 0 saturated heterocycles. The largest absolute Gasteiger partial charge is 0.396 e. The first-order chi connectivity index (χ1) is 7.08. The number of aromatic nitrogens is 2. The second kappa shape index (κ2) is 5.72. The Labute approximate surface area is 90.5 Å². The molecule has 0 aromatic carbocycles. The number of nitrogens with zero attached hydrogens (tertiary/aromatic N) is 3. The highest BCUT2D eigenvalue weighted by Gasteiger charge is 2.02. The van der Waals surface area contributed by atoms with Crippen molar-refractivity contribution < 1.29 is 5.11 Å². The van der Waals surface area contributed by atoms with E-state index in [4.69, 9.17) is 10.8 Å². The van der Waals surface area contributed by atoms with Crippen molar-refractivity contribution in [3.05, 3.63) is 12.4 Å². The van der Waals surface area contributed by atoms with Crippen LogP contribution in [0.3, 0.4) is 0 Å². The number of likely N-dealkylation sites (N-methyl/N-ethyl adjacent to an activating group) is 1. The Balaban J connectivity index is 2.19. The van der Waals surface area contributed by atoms with E-state index in [1.807, 2.05) is 24.9 Å². The van der Waals surface area contributed by atoms with Gasteiger partial charge in [0.25, 0.3) is 0 Å². The third-order valence-corrected chi connectivity index (χ3v) is 2.29. The molecule has 1 aromatic rings. The Morgan fingerprint density at radius 3 is 2.87 bits per heavy atom. The van der Waals surface area contributed by atoms with E-state index in [9.17, 15) is 0 Å². The summed E-state index contributed by atoms with van der Waals surface area (Å²) in [5.41, 5.74) is 6.25.